The minimum Gasteiger partial charge on any atom is -0.870 e. The van der Waals surface area contributed by atoms with Crippen LogP contribution >= 0.6 is 0 Å². The number of hydrogen-bond acceptors (Lipinski definition) is 2. The second kappa shape index (κ2) is 16.7. The second-order valence-corrected chi connectivity index (χ2v) is 3.67. The molecule has 0 aromatic heterocycles. The van der Waals surface area contributed by atoms with Crippen molar-refractivity contribution in [2.45, 2.75) is 0 Å². The summed E-state index contributed by atoms with van der Waals surface area (Å²) in [4.78, 5) is 0. The van der Waals surface area contributed by atoms with Crippen LogP contribution in [0.1, 0.15) is 0 Å². The van der Waals surface area contributed by atoms with E-state index in [2.05, 4.69) is 4.12 Å². The van der Waals surface area contributed by atoms with Gasteiger partial charge in [0.1, 0.15) is 21.0 Å². The maximum Gasteiger partial charge on any atom is 1.00 e. The fraction of sp³-hybridized carbons (Fsp3) is 0. The molecule has 0 heterocycles. The van der Waals surface area contributed by atoms with E-state index in [-0.39, 0.29) is 56.9 Å². The number of rotatable bonds is 0. The van der Waals surface area contributed by atoms with E-state index in [0.29, 0.717) is 0 Å². The molecule has 0 saturated heterocycles. The summed E-state index contributed by atoms with van der Waals surface area (Å²) in [5.41, 5.74) is 0. The maximum absolute atomic E-state index is 4.53. The van der Waals surface area contributed by atoms with Gasteiger partial charge in [-0.2, -0.15) is 0 Å². The fourth-order valence-corrected chi connectivity index (χ4v) is 0. The van der Waals surface area contributed by atoms with Crippen molar-refractivity contribution in [1.82, 2.24) is 0 Å². The van der Waals surface area contributed by atoms with E-state index >= 15 is 0 Å². The van der Waals surface area contributed by atoms with Gasteiger partial charge in [-0.1, -0.05) is 0 Å². The first kappa shape index (κ1) is 15.8. The summed E-state index contributed by atoms with van der Waals surface area (Å²) in [6.45, 7) is 0. The number of hydrogen-bond donors (Lipinski definition) is 0. The molecular formula is H7KO2Si2. The van der Waals surface area contributed by atoms with Gasteiger partial charge in [-0.3, -0.25) is 0 Å². The van der Waals surface area contributed by atoms with Gasteiger partial charge in [0.25, 0.3) is 0 Å². The van der Waals surface area contributed by atoms with Crippen molar-refractivity contribution in [3.8, 4) is 0 Å². The molecule has 0 saturated carbocycles. The van der Waals surface area contributed by atoms with Crippen LogP contribution in [0.5, 0.6) is 0 Å². The Morgan fingerprint density at radius 2 is 1.20 bits per heavy atom. The molecule has 0 aromatic rings. The molecule has 0 spiro atoms. The van der Waals surface area contributed by atoms with E-state index in [9.17, 15) is 0 Å². The van der Waals surface area contributed by atoms with Crippen molar-refractivity contribution in [3.05, 3.63) is 0 Å². The molecule has 0 aromatic carbocycles. The molecule has 2 nitrogen and oxygen atoms in total. The van der Waals surface area contributed by atoms with Crippen molar-refractivity contribution >= 4 is 21.0 Å². The topological polar surface area (TPSA) is 39.2 Å². The second-order valence-electron chi connectivity index (χ2n) is 0.408. The van der Waals surface area contributed by atoms with Gasteiger partial charge in [0.15, 0.2) is 0 Å². The molecule has 1 N–H and O–H groups in total. The van der Waals surface area contributed by atoms with Crippen LogP contribution in [0.2, 0.25) is 0 Å². The largest absolute Gasteiger partial charge is 1.00 e. The van der Waals surface area contributed by atoms with Crippen molar-refractivity contribution in [1.29, 1.82) is 0 Å². The minimum atomic E-state index is 0. The fourth-order valence-electron chi connectivity index (χ4n) is 0. The predicted octanol–water partition coefficient (Wildman–Crippen LogP) is -5.61. The Hall–Kier alpha value is 1.99. The molecule has 0 aliphatic heterocycles. The van der Waals surface area contributed by atoms with Crippen molar-refractivity contribution < 1.29 is 61.0 Å². The molecule has 0 radical (unpaired) electrons. The smallest absolute Gasteiger partial charge is 0.870 e. The van der Waals surface area contributed by atoms with Crippen LogP contribution in [0.25, 0.3) is 0 Å². The molecule has 0 atom stereocenters. The summed E-state index contributed by atoms with van der Waals surface area (Å²) in [6.07, 6.45) is 0. The van der Waals surface area contributed by atoms with Gasteiger partial charge in [-0.15, -0.1) is 0 Å². The van der Waals surface area contributed by atoms with Crippen molar-refractivity contribution in [2.24, 2.45) is 0 Å². The Labute approximate surface area is 80.5 Å². The van der Waals surface area contributed by atoms with Gasteiger partial charge in [0, 0.05) is 0 Å². The van der Waals surface area contributed by atoms with E-state index in [4.69, 9.17) is 0 Å². The van der Waals surface area contributed by atoms with E-state index < -0.39 is 0 Å². The quantitative estimate of drug-likeness (QED) is 0.310. The zero-order chi connectivity index (χ0) is 2.71. The first-order valence-electron chi connectivity index (χ1n) is 0.816. The minimum absolute atomic E-state index is 0. The Balaban J connectivity index is -0.0000000200. The van der Waals surface area contributed by atoms with Crippen molar-refractivity contribution in [2.75, 3.05) is 0 Å². The molecule has 0 bridgehead atoms. The summed E-state index contributed by atoms with van der Waals surface area (Å²) in [6, 6.07) is 0. The Morgan fingerprint density at radius 1 is 1.20 bits per heavy atom. The average Bonchev–Trinajstić information content (AvgIpc) is 0.918. The standard InChI is InChI=1S/K.H6OSi2.H2O/c;2-1-3;/h;2-3H3;1H2/q+1;;/p-1. The monoisotopic (exact) mass is 134 g/mol. The van der Waals surface area contributed by atoms with Gasteiger partial charge in [-0.05, 0) is 0 Å². The molecule has 0 aliphatic rings. The normalized spacial score (nSPS) is 4.80. The zero-order valence-corrected chi connectivity index (χ0v) is 11.0. The van der Waals surface area contributed by atoms with Gasteiger partial charge in [0.05, 0.1) is 0 Å². The van der Waals surface area contributed by atoms with Crippen molar-refractivity contribution in [3.63, 3.8) is 0 Å². The zero-order valence-electron chi connectivity index (χ0n) is 3.86. The van der Waals surface area contributed by atoms with E-state index in [1.54, 1.807) is 0 Å². The summed E-state index contributed by atoms with van der Waals surface area (Å²) < 4.78 is 4.53. The summed E-state index contributed by atoms with van der Waals surface area (Å²) in [5.74, 6) is 0. The van der Waals surface area contributed by atoms with Crippen LogP contribution in [0.15, 0.2) is 0 Å². The molecule has 0 unspecified atom stereocenters. The van der Waals surface area contributed by atoms with Gasteiger partial charge >= 0.3 is 51.4 Å². The van der Waals surface area contributed by atoms with E-state index in [1.165, 1.54) is 0 Å². The molecule has 5 heavy (non-hydrogen) atoms. The van der Waals surface area contributed by atoms with Gasteiger partial charge < -0.3 is 9.59 Å². The van der Waals surface area contributed by atoms with Gasteiger partial charge in [-0.25, -0.2) is 0 Å². The van der Waals surface area contributed by atoms with Crippen LogP contribution in [0, 0.1) is 0 Å². The average molecular weight is 134 g/mol. The third kappa shape index (κ3) is 24.1. The van der Waals surface area contributed by atoms with E-state index in [1.807, 2.05) is 0 Å². The van der Waals surface area contributed by atoms with Crippen LogP contribution in [-0.2, 0) is 4.12 Å². The molecule has 28 valence electrons. The third-order valence-electron chi connectivity index (χ3n) is 0. The first-order valence-corrected chi connectivity index (χ1v) is 2.45. The maximum atomic E-state index is 4.53. The molecular weight excluding hydrogens is 127 g/mol. The molecule has 0 aliphatic carbocycles. The van der Waals surface area contributed by atoms with Crippen LogP contribution in [-0.4, -0.2) is 26.4 Å². The van der Waals surface area contributed by atoms with Gasteiger partial charge in [0.2, 0.25) is 0 Å². The predicted molar refractivity (Wildman–Crippen MR) is 22.9 cm³/mol. The SMILES string of the molecule is [K+].[OH-].[SiH3]O[SiH3]. The third-order valence-corrected chi connectivity index (χ3v) is 0. The van der Waals surface area contributed by atoms with E-state index in [0.717, 1.165) is 21.0 Å². The molecule has 0 rings (SSSR count). The summed E-state index contributed by atoms with van der Waals surface area (Å²) in [7, 11) is 1.86. The Kier molecular flexibility index (Phi) is 52.6. The first-order chi connectivity index (χ1) is 1.41. The van der Waals surface area contributed by atoms with Crippen LogP contribution < -0.4 is 51.4 Å². The molecule has 0 fully saturated rings. The summed E-state index contributed by atoms with van der Waals surface area (Å²) in [5, 5.41) is 0. The summed E-state index contributed by atoms with van der Waals surface area (Å²) >= 11 is 0. The molecule has 0 amide bonds. The Bertz CT molecular complexity index is 7.61. The Morgan fingerprint density at radius 3 is 1.20 bits per heavy atom. The van der Waals surface area contributed by atoms with Crippen LogP contribution in [0.4, 0.5) is 0 Å². The van der Waals surface area contributed by atoms with Crippen LogP contribution in [0.3, 0.4) is 0 Å². The molecule has 5 heteroatoms.